The number of carbonyl (C=O) groups excluding carboxylic acids is 1. The standard InChI is InChI=1S/C8H6IOS/c9-7-2-1-3-8(6-7)11-5-4-10/h1-3,6H,5H2. The summed E-state index contributed by atoms with van der Waals surface area (Å²) < 4.78 is 1.19. The van der Waals surface area contributed by atoms with Crippen molar-refractivity contribution in [3.8, 4) is 0 Å². The molecule has 0 amide bonds. The van der Waals surface area contributed by atoms with E-state index in [0.29, 0.717) is 5.75 Å². The molecule has 1 rings (SSSR count). The van der Waals surface area contributed by atoms with Crippen molar-refractivity contribution < 1.29 is 4.79 Å². The van der Waals surface area contributed by atoms with Crippen molar-refractivity contribution in [3.05, 3.63) is 27.8 Å². The smallest absolute Gasteiger partial charge is 0.209 e. The van der Waals surface area contributed by atoms with Crippen molar-refractivity contribution in [2.75, 3.05) is 5.75 Å². The fourth-order valence-corrected chi connectivity index (χ4v) is 2.03. The summed E-state index contributed by atoms with van der Waals surface area (Å²) in [6.07, 6.45) is 1.85. The Kier molecular flexibility index (Phi) is 3.93. The molecular formula is C8H6IOS. The Labute approximate surface area is 83.7 Å². The molecule has 0 saturated carbocycles. The molecule has 0 fully saturated rings. The van der Waals surface area contributed by atoms with Crippen LogP contribution >= 0.6 is 34.4 Å². The summed E-state index contributed by atoms with van der Waals surface area (Å²) in [5.41, 5.74) is 0. The molecule has 0 heterocycles. The van der Waals surface area contributed by atoms with Crippen LogP contribution in [-0.2, 0) is 4.79 Å². The van der Waals surface area contributed by atoms with Gasteiger partial charge in [-0.05, 0) is 40.8 Å². The molecule has 1 nitrogen and oxygen atoms in total. The Morgan fingerprint density at radius 3 is 3.00 bits per heavy atom. The fraction of sp³-hybridized carbons (Fsp3) is 0.125. The second-order valence-electron chi connectivity index (χ2n) is 1.89. The molecule has 0 unspecified atom stereocenters. The van der Waals surface area contributed by atoms with E-state index in [1.165, 1.54) is 15.3 Å². The van der Waals surface area contributed by atoms with Crippen LogP contribution in [0.3, 0.4) is 0 Å². The van der Waals surface area contributed by atoms with Crippen LogP contribution in [0.25, 0.3) is 0 Å². The van der Waals surface area contributed by atoms with E-state index in [9.17, 15) is 4.79 Å². The van der Waals surface area contributed by atoms with Crippen LogP contribution in [-0.4, -0.2) is 12.0 Å². The van der Waals surface area contributed by atoms with Crippen molar-refractivity contribution >= 4 is 40.6 Å². The predicted molar refractivity (Wildman–Crippen MR) is 55.6 cm³/mol. The molecule has 57 valence electrons. The van der Waals surface area contributed by atoms with Gasteiger partial charge in [0.2, 0.25) is 6.29 Å². The Hall–Kier alpha value is -0.0300. The lowest BCUT2D eigenvalue weighted by atomic mass is 10.4. The van der Waals surface area contributed by atoms with Gasteiger partial charge in [0.05, 0.1) is 5.75 Å². The van der Waals surface area contributed by atoms with Gasteiger partial charge in [-0.3, -0.25) is 4.79 Å². The monoisotopic (exact) mass is 277 g/mol. The molecule has 0 aliphatic heterocycles. The van der Waals surface area contributed by atoms with E-state index in [-0.39, 0.29) is 0 Å². The third kappa shape index (κ3) is 3.25. The lowest BCUT2D eigenvalue weighted by Crippen LogP contribution is -1.79. The summed E-state index contributed by atoms with van der Waals surface area (Å²) in [7, 11) is 0. The van der Waals surface area contributed by atoms with Gasteiger partial charge in [-0.15, -0.1) is 11.8 Å². The van der Waals surface area contributed by atoms with Crippen molar-refractivity contribution in [2.24, 2.45) is 0 Å². The van der Waals surface area contributed by atoms with E-state index in [0.717, 1.165) is 4.90 Å². The van der Waals surface area contributed by atoms with Gasteiger partial charge in [0.25, 0.3) is 0 Å². The molecule has 1 aromatic carbocycles. The molecule has 11 heavy (non-hydrogen) atoms. The first-order valence-corrected chi connectivity index (χ1v) is 5.13. The molecular weight excluding hydrogens is 271 g/mol. The Morgan fingerprint density at radius 2 is 2.36 bits per heavy atom. The van der Waals surface area contributed by atoms with Gasteiger partial charge >= 0.3 is 0 Å². The highest BCUT2D eigenvalue weighted by molar-refractivity contribution is 14.1. The first-order valence-electron chi connectivity index (χ1n) is 3.06. The van der Waals surface area contributed by atoms with Crippen LogP contribution in [0.2, 0.25) is 0 Å². The molecule has 0 aromatic heterocycles. The zero-order valence-corrected chi connectivity index (χ0v) is 8.68. The van der Waals surface area contributed by atoms with E-state index < -0.39 is 0 Å². The molecule has 0 spiro atoms. The SMILES string of the molecule is O=[C]CSc1cccc(I)c1. The normalized spacial score (nSPS) is 9.55. The first-order chi connectivity index (χ1) is 5.33. The summed E-state index contributed by atoms with van der Waals surface area (Å²) in [4.78, 5) is 11.0. The maximum atomic E-state index is 9.92. The van der Waals surface area contributed by atoms with Gasteiger partial charge in [0.15, 0.2) is 0 Å². The Bertz CT molecular complexity index is 250. The highest BCUT2D eigenvalue weighted by atomic mass is 127. The van der Waals surface area contributed by atoms with Crippen LogP contribution in [0.15, 0.2) is 29.2 Å². The van der Waals surface area contributed by atoms with Crippen LogP contribution in [0.1, 0.15) is 0 Å². The minimum Gasteiger partial charge on any atom is -0.290 e. The van der Waals surface area contributed by atoms with Crippen molar-refractivity contribution in [1.82, 2.24) is 0 Å². The number of rotatable bonds is 3. The van der Waals surface area contributed by atoms with Gasteiger partial charge < -0.3 is 0 Å². The molecule has 1 radical (unpaired) electrons. The number of hydrogen-bond acceptors (Lipinski definition) is 2. The quantitative estimate of drug-likeness (QED) is 0.623. The van der Waals surface area contributed by atoms with Crippen LogP contribution in [0.4, 0.5) is 0 Å². The van der Waals surface area contributed by atoms with Gasteiger partial charge in [0, 0.05) is 8.47 Å². The van der Waals surface area contributed by atoms with Crippen LogP contribution in [0, 0.1) is 3.57 Å². The summed E-state index contributed by atoms with van der Waals surface area (Å²) in [5, 5.41) is 0. The van der Waals surface area contributed by atoms with Gasteiger partial charge in [-0.25, -0.2) is 0 Å². The molecule has 0 aliphatic rings. The topological polar surface area (TPSA) is 17.1 Å². The average molecular weight is 277 g/mol. The summed E-state index contributed by atoms with van der Waals surface area (Å²) in [6, 6.07) is 8.04. The molecule has 0 bridgehead atoms. The van der Waals surface area contributed by atoms with E-state index in [4.69, 9.17) is 0 Å². The maximum Gasteiger partial charge on any atom is 0.209 e. The highest BCUT2D eigenvalue weighted by Crippen LogP contribution is 2.18. The molecule has 0 saturated heterocycles. The Balaban J connectivity index is 2.63. The maximum absolute atomic E-state index is 9.92. The minimum absolute atomic E-state index is 0.417. The van der Waals surface area contributed by atoms with Crippen molar-refractivity contribution in [2.45, 2.75) is 4.90 Å². The lowest BCUT2D eigenvalue weighted by Gasteiger charge is -1.96. The summed E-state index contributed by atoms with van der Waals surface area (Å²) in [6.45, 7) is 0. The summed E-state index contributed by atoms with van der Waals surface area (Å²) in [5.74, 6) is 0.417. The fourth-order valence-electron chi connectivity index (χ4n) is 0.670. The number of thioether (sulfide) groups is 1. The van der Waals surface area contributed by atoms with E-state index >= 15 is 0 Å². The first kappa shape index (κ1) is 9.06. The molecule has 0 N–H and O–H groups in total. The van der Waals surface area contributed by atoms with Crippen molar-refractivity contribution in [1.29, 1.82) is 0 Å². The predicted octanol–water partition coefficient (Wildman–Crippen LogP) is 2.49. The third-order valence-electron chi connectivity index (χ3n) is 1.09. The Morgan fingerprint density at radius 1 is 1.55 bits per heavy atom. The zero-order valence-electron chi connectivity index (χ0n) is 5.71. The molecule has 0 aliphatic carbocycles. The number of benzene rings is 1. The van der Waals surface area contributed by atoms with Gasteiger partial charge in [-0.2, -0.15) is 0 Å². The average Bonchev–Trinajstić information content (AvgIpc) is 2.01. The second-order valence-corrected chi connectivity index (χ2v) is 4.18. The van der Waals surface area contributed by atoms with E-state index in [1.54, 1.807) is 0 Å². The van der Waals surface area contributed by atoms with Gasteiger partial charge in [0.1, 0.15) is 0 Å². The van der Waals surface area contributed by atoms with E-state index in [2.05, 4.69) is 22.6 Å². The van der Waals surface area contributed by atoms with Gasteiger partial charge in [-0.1, -0.05) is 6.07 Å². The highest BCUT2D eigenvalue weighted by Gasteiger charge is 1.92. The lowest BCUT2D eigenvalue weighted by molar-refractivity contribution is 0.560. The van der Waals surface area contributed by atoms with Crippen molar-refractivity contribution in [3.63, 3.8) is 0 Å². The minimum atomic E-state index is 0.417. The molecule has 1 aromatic rings. The zero-order chi connectivity index (χ0) is 8.10. The molecule has 0 atom stereocenters. The number of hydrogen-bond donors (Lipinski definition) is 0. The largest absolute Gasteiger partial charge is 0.290 e. The van der Waals surface area contributed by atoms with Crippen LogP contribution in [0.5, 0.6) is 0 Å². The van der Waals surface area contributed by atoms with E-state index in [1.807, 2.05) is 30.6 Å². The third-order valence-corrected chi connectivity index (χ3v) is 2.61. The molecule has 3 heteroatoms. The van der Waals surface area contributed by atoms with Crippen LogP contribution < -0.4 is 0 Å². The second kappa shape index (κ2) is 4.77. The summed E-state index contributed by atoms with van der Waals surface area (Å²) >= 11 is 3.75. The number of halogens is 1.